The molecule has 0 aliphatic carbocycles. The monoisotopic (exact) mass is 340 g/mol. The zero-order valence-electron chi connectivity index (χ0n) is 13.4. The van der Waals surface area contributed by atoms with Gasteiger partial charge in [-0.25, -0.2) is 4.39 Å². The molecule has 0 radical (unpaired) electrons. The topological polar surface area (TPSA) is 71.3 Å². The number of hydrogen-bond donors (Lipinski definition) is 2. The molecule has 25 heavy (non-hydrogen) atoms. The average Bonchev–Trinajstić information content (AvgIpc) is 2.63. The minimum atomic E-state index is -0.921. The molecule has 2 aromatic carbocycles. The van der Waals surface area contributed by atoms with Crippen LogP contribution in [-0.4, -0.2) is 22.1 Å². The first-order valence-corrected chi connectivity index (χ1v) is 7.83. The molecule has 0 saturated carbocycles. The Kier molecular flexibility index (Phi) is 4.90. The predicted octanol–water partition coefficient (Wildman–Crippen LogP) is 1.99. The molecule has 1 atom stereocenters. The fourth-order valence-corrected chi connectivity index (χ4v) is 2.62. The highest BCUT2D eigenvalue weighted by Gasteiger charge is 2.11. The lowest BCUT2D eigenvalue weighted by atomic mass is 10.1. The number of fused-ring (bicyclic) bond motifs is 1. The highest BCUT2D eigenvalue weighted by Crippen LogP contribution is 2.13. The van der Waals surface area contributed by atoms with Crippen LogP contribution in [-0.2, 0) is 11.3 Å². The maximum Gasteiger partial charge on any atom is 0.240 e. The third-order valence-corrected chi connectivity index (χ3v) is 3.95. The highest BCUT2D eigenvalue weighted by molar-refractivity contribution is 5.82. The number of nitrogens with one attached hydrogen (secondary N) is 1. The second-order valence-corrected chi connectivity index (χ2v) is 5.70. The second kappa shape index (κ2) is 7.27. The number of aromatic nitrogens is 1. The molecule has 3 aromatic rings. The van der Waals surface area contributed by atoms with Crippen LogP contribution in [0.25, 0.3) is 10.9 Å². The summed E-state index contributed by atoms with van der Waals surface area (Å²) in [6.45, 7) is 0.0412. The van der Waals surface area contributed by atoms with Crippen LogP contribution in [0.2, 0.25) is 0 Å². The van der Waals surface area contributed by atoms with E-state index in [4.69, 9.17) is 0 Å². The van der Waals surface area contributed by atoms with Crippen molar-refractivity contribution in [2.24, 2.45) is 0 Å². The van der Waals surface area contributed by atoms with Crippen LogP contribution in [0, 0.1) is 5.82 Å². The fraction of sp³-hybridized carbons (Fsp3) is 0.158. The molecular formula is C19H17FN2O3. The molecule has 1 heterocycles. The highest BCUT2D eigenvalue weighted by atomic mass is 19.1. The zero-order chi connectivity index (χ0) is 17.8. The number of halogens is 1. The molecule has 6 heteroatoms. The minimum absolute atomic E-state index is 0.0165. The van der Waals surface area contributed by atoms with E-state index in [-0.39, 0.29) is 30.2 Å². The van der Waals surface area contributed by atoms with Gasteiger partial charge in [-0.05, 0) is 29.8 Å². The summed E-state index contributed by atoms with van der Waals surface area (Å²) in [5.41, 5.74) is 1.10. The number of nitrogens with zero attached hydrogens (tertiary/aromatic N) is 1. The number of pyridine rings is 1. The van der Waals surface area contributed by atoms with E-state index in [9.17, 15) is 19.1 Å². The molecule has 2 N–H and O–H groups in total. The number of aliphatic hydroxyl groups is 1. The molecule has 3 rings (SSSR count). The molecule has 0 saturated heterocycles. The smallest absolute Gasteiger partial charge is 0.240 e. The molecule has 0 bridgehead atoms. The van der Waals surface area contributed by atoms with Gasteiger partial charge in [0.05, 0.1) is 11.6 Å². The largest absolute Gasteiger partial charge is 0.387 e. The standard InChI is InChI=1S/C19H17FN2O3/c20-14-7-5-13(6-8-14)18(24)11-21-19(25)12-22-10-9-17(23)15-3-1-2-4-16(15)22/h1-10,18,24H,11-12H2,(H,21,25). The van der Waals surface area contributed by atoms with E-state index in [0.717, 1.165) is 0 Å². The van der Waals surface area contributed by atoms with Crippen molar-refractivity contribution in [1.82, 2.24) is 9.88 Å². The first kappa shape index (κ1) is 16.9. The van der Waals surface area contributed by atoms with Crippen molar-refractivity contribution in [2.75, 3.05) is 6.54 Å². The van der Waals surface area contributed by atoms with Crippen molar-refractivity contribution in [3.63, 3.8) is 0 Å². The Labute approximate surface area is 143 Å². The quantitative estimate of drug-likeness (QED) is 0.746. The third kappa shape index (κ3) is 3.92. The van der Waals surface area contributed by atoms with E-state index >= 15 is 0 Å². The number of hydrogen-bond acceptors (Lipinski definition) is 3. The van der Waals surface area contributed by atoms with Crippen LogP contribution in [0.3, 0.4) is 0 Å². The summed E-state index contributed by atoms with van der Waals surface area (Å²) in [6.07, 6.45) is 0.649. The molecule has 5 nitrogen and oxygen atoms in total. The lowest BCUT2D eigenvalue weighted by Gasteiger charge is -2.14. The van der Waals surface area contributed by atoms with E-state index in [0.29, 0.717) is 16.5 Å². The summed E-state index contributed by atoms with van der Waals surface area (Å²) in [5, 5.41) is 13.2. The van der Waals surface area contributed by atoms with Gasteiger partial charge in [0, 0.05) is 24.2 Å². The molecule has 128 valence electrons. The van der Waals surface area contributed by atoms with E-state index in [1.54, 1.807) is 35.0 Å². The van der Waals surface area contributed by atoms with Gasteiger partial charge in [0.25, 0.3) is 0 Å². The van der Waals surface area contributed by atoms with Crippen molar-refractivity contribution >= 4 is 16.8 Å². The molecule has 1 aromatic heterocycles. The lowest BCUT2D eigenvalue weighted by Crippen LogP contribution is -2.31. The number of carbonyl (C=O) groups is 1. The van der Waals surface area contributed by atoms with Gasteiger partial charge in [0.1, 0.15) is 12.4 Å². The van der Waals surface area contributed by atoms with Crippen LogP contribution in [0.15, 0.2) is 65.6 Å². The average molecular weight is 340 g/mol. The molecule has 1 amide bonds. The zero-order valence-corrected chi connectivity index (χ0v) is 13.4. The van der Waals surface area contributed by atoms with Gasteiger partial charge in [-0.3, -0.25) is 9.59 Å². The van der Waals surface area contributed by atoms with Crippen molar-refractivity contribution in [1.29, 1.82) is 0 Å². The first-order valence-electron chi connectivity index (χ1n) is 7.83. The first-order chi connectivity index (χ1) is 12.0. The van der Waals surface area contributed by atoms with E-state index in [2.05, 4.69) is 5.32 Å². The van der Waals surface area contributed by atoms with Crippen LogP contribution in [0.1, 0.15) is 11.7 Å². The van der Waals surface area contributed by atoms with E-state index in [1.807, 2.05) is 0 Å². The van der Waals surface area contributed by atoms with Crippen LogP contribution in [0.5, 0.6) is 0 Å². The van der Waals surface area contributed by atoms with Gasteiger partial charge in [-0.15, -0.1) is 0 Å². The predicted molar refractivity (Wildman–Crippen MR) is 92.6 cm³/mol. The Morgan fingerprint density at radius 3 is 2.60 bits per heavy atom. The number of para-hydroxylation sites is 1. The minimum Gasteiger partial charge on any atom is -0.387 e. The van der Waals surface area contributed by atoms with Crippen LogP contribution in [0.4, 0.5) is 4.39 Å². The molecular weight excluding hydrogens is 323 g/mol. The number of rotatable bonds is 5. The van der Waals surface area contributed by atoms with Crippen molar-refractivity contribution < 1.29 is 14.3 Å². The Morgan fingerprint density at radius 2 is 1.84 bits per heavy atom. The van der Waals surface area contributed by atoms with Crippen molar-refractivity contribution in [2.45, 2.75) is 12.6 Å². The number of aliphatic hydroxyl groups excluding tert-OH is 1. The lowest BCUT2D eigenvalue weighted by molar-refractivity contribution is -0.122. The number of carbonyl (C=O) groups excluding carboxylic acids is 1. The summed E-state index contributed by atoms with van der Waals surface area (Å²) >= 11 is 0. The summed E-state index contributed by atoms with van der Waals surface area (Å²) < 4.78 is 14.6. The van der Waals surface area contributed by atoms with Crippen LogP contribution >= 0.6 is 0 Å². The summed E-state index contributed by atoms with van der Waals surface area (Å²) in [7, 11) is 0. The maximum absolute atomic E-state index is 12.9. The summed E-state index contributed by atoms with van der Waals surface area (Å²) in [6, 6.07) is 13.9. The van der Waals surface area contributed by atoms with Crippen molar-refractivity contribution in [3.8, 4) is 0 Å². The Bertz CT molecular complexity index is 951. The summed E-state index contributed by atoms with van der Waals surface area (Å²) in [5.74, 6) is -0.681. The molecule has 0 fully saturated rings. The molecule has 0 spiro atoms. The third-order valence-electron chi connectivity index (χ3n) is 3.95. The summed E-state index contributed by atoms with van der Waals surface area (Å²) in [4.78, 5) is 24.0. The SMILES string of the molecule is O=C(Cn1ccc(=O)c2ccccc21)NCC(O)c1ccc(F)cc1. The van der Waals surface area contributed by atoms with E-state index in [1.165, 1.54) is 30.3 Å². The van der Waals surface area contributed by atoms with E-state index < -0.39 is 6.10 Å². The van der Waals surface area contributed by atoms with Gasteiger partial charge in [0.15, 0.2) is 5.43 Å². The number of amides is 1. The fourth-order valence-electron chi connectivity index (χ4n) is 2.62. The van der Waals surface area contributed by atoms with Gasteiger partial charge >= 0.3 is 0 Å². The van der Waals surface area contributed by atoms with Gasteiger partial charge in [0.2, 0.25) is 5.91 Å². The van der Waals surface area contributed by atoms with Gasteiger partial charge in [-0.2, -0.15) is 0 Å². The molecule has 1 unspecified atom stereocenters. The Morgan fingerprint density at radius 1 is 1.12 bits per heavy atom. The Hall–Kier alpha value is -2.99. The Balaban J connectivity index is 1.66. The maximum atomic E-state index is 12.9. The van der Waals surface area contributed by atoms with Crippen molar-refractivity contribution in [3.05, 3.63) is 82.4 Å². The van der Waals surface area contributed by atoms with Gasteiger partial charge < -0.3 is 15.0 Å². The molecule has 0 aliphatic rings. The normalized spacial score (nSPS) is 12.1. The molecule has 0 aliphatic heterocycles. The van der Waals surface area contributed by atoms with Crippen LogP contribution < -0.4 is 10.7 Å². The van der Waals surface area contributed by atoms with Gasteiger partial charge in [-0.1, -0.05) is 24.3 Å². The number of benzene rings is 2. The second-order valence-electron chi connectivity index (χ2n) is 5.70.